The van der Waals surface area contributed by atoms with E-state index in [4.69, 9.17) is 4.74 Å². The number of nitrogens with zero attached hydrogens (tertiary/aromatic N) is 1. The van der Waals surface area contributed by atoms with Crippen LogP contribution in [0.4, 0.5) is 23.4 Å². The lowest BCUT2D eigenvalue weighted by molar-refractivity contribution is -0.138. The molecule has 0 spiro atoms. The quantitative estimate of drug-likeness (QED) is 0.842. The molecule has 0 bridgehead atoms. The van der Waals surface area contributed by atoms with Crippen LogP contribution in [-0.4, -0.2) is 36.3 Å². The predicted molar refractivity (Wildman–Crippen MR) is 69.5 cm³/mol. The Morgan fingerprint density at radius 3 is 2.71 bits per heavy atom. The van der Waals surface area contributed by atoms with Gasteiger partial charge in [0.25, 0.3) is 0 Å². The van der Waals surface area contributed by atoms with Crippen LogP contribution in [-0.2, 0) is 10.9 Å². The Labute approximate surface area is 119 Å². The Kier molecular flexibility index (Phi) is 4.67. The standard InChI is InChI=1S/C13H17F4N3O/c1-7-4-18-11(8(2)21-7)6-20-12-10(14)3-9(5-19-12)13(15,16)17/h3,5,7-8,11,18H,4,6H2,1-2H3,(H,19,20)/t7-,8+,11-/m1/s1. The molecule has 4 nitrogen and oxygen atoms in total. The molecule has 118 valence electrons. The zero-order valence-electron chi connectivity index (χ0n) is 11.7. The highest BCUT2D eigenvalue weighted by molar-refractivity contribution is 5.38. The summed E-state index contributed by atoms with van der Waals surface area (Å²) in [7, 11) is 0. The lowest BCUT2D eigenvalue weighted by atomic mass is 10.1. The summed E-state index contributed by atoms with van der Waals surface area (Å²) < 4.78 is 56.5. The number of nitrogens with one attached hydrogen (secondary N) is 2. The Hall–Kier alpha value is -1.41. The molecule has 0 radical (unpaired) electrons. The molecule has 0 aromatic carbocycles. The van der Waals surface area contributed by atoms with Gasteiger partial charge in [-0.3, -0.25) is 0 Å². The number of hydrogen-bond acceptors (Lipinski definition) is 4. The van der Waals surface area contributed by atoms with E-state index < -0.39 is 17.6 Å². The van der Waals surface area contributed by atoms with Crippen LogP contribution in [0.2, 0.25) is 0 Å². The van der Waals surface area contributed by atoms with Crippen molar-refractivity contribution in [3.8, 4) is 0 Å². The summed E-state index contributed by atoms with van der Waals surface area (Å²) in [5.74, 6) is -1.22. The average Bonchev–Trinajstić information content (AvgIpc) is 2.38. The lowest BCUT2D eigenvalue weighted by Gasteiger charge is -2.34. The number of aromatic nitrogens is 1. The molecule has 0 amide bonds. The number of hydrogen-bond donors (Lipinski definition) is 2. The second-order valence-electron chi connectivity index (χ2n) is 5.10. The van der Waals surface area contributed by atoms with Gasteiger partial charge < -0.3 is 15.4 Å². The summed E-state index contributed by atoms with van der Waals surface area (Å²) in [6, 6.07) is 0.371. The molecule has 1 saturated heterocycles. The van der Waals surface area contributed by atoms with Crippen molar-refractivity contribution in [1.82, 2.24) is 10.3 Å². The Morgan fingerprint density at radius 1 is 1.43 bits per heavy atom. The van der Waals surface area contributed by atoms with Gasteiger partial charge in [-0.2, -0.15) is 13.2 Å². The first-order valence-electron chi connectivity index (χ1n) is 6.63. The number of anilines is 1. The first kappa shape index (κ1) is 16.0. The van der Waals surface area contributed by atoms with Crippen LogP contribution in [0.1, 0.15) is 19.4 Å². The van der Waals surface area contributed by atoms with Crippen LogP contribution < -0.4 is 10.6 Å². The Balaban J connectivity index is 1.97. The predicted octanol–water partition coefficient (Wildman–Crippen LogP) is 2.42. The Morgan fingerprint density at radius 2 is 2.14 bits per heavy atom. The molecule has 0 aliphatic carbocycles. The van der Waals surface area contributed by atoms with E-state index in [1.807, 2.05) is 13.8 Å². The van der Waals surface area contributed by atoms with Gasteiger partial charge in [-0.25, -0.2) is 9.37 Å². The molecule has 2 N–H and O–H groups in total. The van der Waals surface area contributed by atoms with Gasteiger partial charge in [-0.15, -0.1) is 0 Å². The third-order valence-electron chi connectivity index (χ3n) is 3.34. The van der Waals surface area contributed by atoms with E-state index in [2.05, 4.69) is 15.6 Å². The first-order chi connectivity index (χ1) is 9.77. The highest BCUT2D eigenvalue weighted by Crippen LogP contribution is 2.30. The van der Waals surface area contributed by atoms with Gasteiger partial charge in [0.2, 0.25) is 0 Å². The molecule has 3 atom stereocenters. The molecule has 1 aliphatic rings. The maximum atomic E-state index is 13.6. The van der Waals surface area contributed by atoms with Crippen LogP contribution in [0.5, 0.6) is 0 Å². The fraction of sp³-hybridized carbons (Fsp3) is 0.615. The molecule has 2 rings (SSSR count). The molecule has 1 aromatic heterocycles. The van der Waals surface area contributed by atoms with Crippen LogP contribution in [0.3, 0.4) is 0 Å². The van der Waals surface area contributed by atoms with Crippen molar-refractivity contribution >= 4 is 5.82 Å². The van der Waals surface area contributed by atoms with Crippen molar-refractivity contribution in [2.75, 3.05) is 18.4 Å². The Bertz CT molecular complexity index is 495. The SMILES string of the molecule is C[C@@H]1CN[C@H](CNc2ncc(C(F)(F)F)cc2F)[C@H](C)O1. The first-order valence-corrected chi connectivity index (χ1v) is 6.63. The highest BCUT2D eigenvalue weighted by Gasteiger charge is 2.32. The fourth-order valence-electron chi connectivity index (χ4n) is 2.16. The monoisotopic (exact) mass is 307 g/mol. The molecular weight excluding hydrogens is 290 g/mol. The normalized spacial score (nSPS) is 26.7. The number of halogens is 4. The minimum absolute atomic E-state index is 0.0651. The molecule has 8 heteroatoms. The fourth-order valence-corrected chi connectivity index (χ4v) is 2.16. The van der Waals surface area contributed by atoms with Crippen LogP contribution in [0.15, 0.2) is 12.3 Å². The molecule has 21 heavy (non-hydrogen) atoms. The highest BCUT2D eigenvalue weighted by atomic mass is 19.4. The van der Waals surface area contributed by atoms with Gasteiger partial charge in [-0.1, -0.05) is 0 Å². The smallest absolute Gasteiger partial charge is 0.373 e. The van der Waals surface area contributed by atoms with Gasteiger partial charge in [0.1, 0.15) is 0 Å². The number of morpholine rings is 1. The van der Waals surface area contributed by atoms with Crippen LogP contribution >= 0.6 is 0 Å². The summed E-state index contributed by atoms with van der Waals surface area (Å²) in [6.45, 7) is 4.79. The van der Waals surface area contributed by atoms with Gasteiger partial charge >= 0.3 is 6.18 Å². The number of rotatable bonds is 3. The molecule has 2 heterocycles. The zero-order valence-corrected chi connectivity index (χ0v) is 11.7. The van der Waals surface area contributed by atoms with Gasteiger partial charge in [0, 0.05) is 19.3 Å². The molecule has 1 aliphatic heterocycles. The van der Waals surface area contributed by atoms with Crippen molar-refractivity contribution in [2.45, 2.75) is 38.3 Å². The number of pyridine rings is 1. The van der Waals surface area contributed by atoms with E-state index in [0.717, 1.165) is 0 Å². The summed E-state index contributed by atoms with van der Waals surface area (Å²) in [6.07, 6.45) is -3.98. The zero-order chi connectivity index (χ0) is 15.6. The second-order valence-corrected chi connectivity index (χ2v) is 5.10. The molecule has 0 saturated carbocycles. The van der Waals surface area contributed by atoms with E-state index in [1.165, 1.54) is 0 Å². The third-order valence-corrected chi connectivity index (χ3v) is 3.34. The van der Waals surface area contributed by atoms with E-state index in [1.54, 1.807) is 0 Å². The summed E-state index contributed by atoms with van der Waals surface area (Å²) in [4.78, 5) is 3.49. The summed E-state index contributed by atoms with van der Waals surface area (Å²) >= 11 is 0. The van der Waals surface area contributed by atoms with Crippen molar-refractivity contribution in [3.05, 3.63) is 23.6 Å². The largest absolute Gasteiger partial charge is 0.417 e. The number of ether oxygens (including phenoxy) is 1. The van der Waals surface area contributed by atoms with Crippen LogP contribution in [0, 0.1) is 5.82 Å². The maximum Gasteiger partial charge on any atom is 0.417 e. The van der Waals surface area contributed by atoms with Crippen LogP contribution in [0.25, 0.3) is 0 Å². The number of alkyl halides is 3. The van der Waals surface area contributed by atoms with Gasteiger partial charge in [0.05, 0.1) is 23.8 Å². The van der Waals surface area contributed by atoms with E-state index in [-0.39, 0.29) is 24.1 Å². The minimum atomic E-state index is -4.60. The topological polar surface area (TPSA) is 46.2 Å². The maximum absolute atomic E-state index is 13.6. The van der Waals surface area contributed by atoms with E-state index >= 15 is 0 Å². The van der Waals surface area contributed by atoms with Crippen molar-refractivity contribution in [3.63, 3.8) is 0 Å². The van der Waals surface area contributed by atoms with E-state index in [0.29, 0.717) is 25.4 Å². The summed E-state index contributed by atoms with van der Waals surface area (Å²) in [5.41, 5.74) is -1.10. The van der Waals surface area contributed by atoms with Gasteiger partial charge in [0.15, 0.2) is 11.6 Å². The van der Waals surface area contributed by atoms with Crippen molar-refractivity contribution in [2.24, 2.45) is 0 Å². The van der Waals surface area contributed by atoms with E-state index in [9.17, 15) is 17.6 Å². The van der Waals surface area contributed by atoms with Crippen molar-refractivity contribution in [1.29, 1.82) is 0 Å². The molecular formula is C13H17F4N3O. The average molecular weight is 307 g/mol. The molecule has 1 fully saturated rings. The molecule has 1 aromatic rings. The van der Waals surface area contributed by atoms with Gasteiger partial charge in [-0.05, 0) is 19.9 Å². The third kappa shape index (κ3) is 4.04. The molecule has 0 unspecified atom stereocenters. The minimum Gasteiger partial charge on any atom is -0.373 e. The summed E-state index contributed by atoms with van der Waals surface area (Å²) in [5, 5.41) is 5.94. The second kappa shape index (κ2) is 6.15. The lowest BCUT2D eigenvalue weighted by Crippen LogP contribution is -2.53. The van der Waals surface area contributed by atoms with Crippen molar-refractivity contribution < 1.29 is 22.3 Å².